The van der Waals surface area contributed by atoms with Gasteiger partial charge < -0.3 is 4.74 Å². The van der Waals surface area contributed by atoms with Crippen molar-refractivity contribution in [1.82, 2.24) is 0 Å². The van der Waals surface area contributed by atoms with Crippen LogP contribution in [0.1, 0.15) is 27.0 Å². The lowest BCUT2D eigenvalue weighted by Gasteiger charge is -2.13. The summed E-state index contributed by atoms with van der Waals surface area (Å²) in [5.74, 6) is 0.378. The monoisotopic (exact) mass is 308 g/mol. The van der Waals surface area contributed by atoms with E-state index in [4.69, 9.17) is 27.9 Å². The van der Waals surface area contributed by atoms with E-state index < -0.39 is 0 Å². The highest BCUT2D eigenvalue weighted by Gasteiger charge is 2.19. The largest absolute Gasteiger partial charge is 0.496 e. The molecule has 0 saturated heterocycles. The quantitative estimate of drug-likeness (QED) is 0.758. The molecule has 0 N–H and O–H groups in total. The minimum Gasteiger partial charge on any atom is -0.496 e. The Morgan fingerprint density at radius 2 is 1.75 bits per heavy atom. The lowest BCUT2D eigenvalue weighted by Crippen LogP contribution is -2.06. The van der Waals surface area contributed by atoms with Crippen LogP contribution in [0.15, 0.2) is 30.3 Å². The number of ether oxygens (including phenoxy) is 1. The van der Waals surface area contributed by atoms with Crippen LogP contribution < -0.4 is 4.74 Å². The molecule has 2 aromatic carbocycles. The summed E-state index contributed by atoms with van der Waals surface area (Å²) in [6.45, 7) is 3.89. The van der Waals surface area contributed by atoms with Crippen molar-refractivity contribution in [3.8, 4) is 5.75 Å². The molecule has 2 rings (SSSR count). The van der Waals surface area contributed by atoms with E-state index in [1.165, 1.54) is 0 Å². The van der Waals surface area contributed by atoms with E-state index in [9.17, 15) is 4.79 Å². The molecule has 0 aliphatic heterocycles. The van der Waals surface area contributed by atoms with Crippen molar-refractivity contribution < 1.29 is 9.53 Å². The van der Waals surface area contributed by atoms with E-state index in [1.54, 1.807) is 31.4 Å². The van der Waals surface area contributed by atoms with Gasteiger partial charge in [-0.05, 0) is 49.2 Å². The maximum atomic E-state index is 12.6. The molecule has 0 saturated carbocycles. The SMILES string of the molecule is COc1c(C(=O)c2cc(Cl)ccc2Cl)ccc(C)c1C. The van der Waals surface area contributed by atoms with Crippen LogP contribution in [0.25, 0.3) is 0 Å². The molecule has 0 aliphatic carbocycles. The van der Waals surface area contributed by atoms with Gasteiger partial charge in [-0.25, -0.2) is 0 Å². The molecule has 0 heterocycles. The predicted octanol–water partition coefficient (Wildman–Crippen LogP) is 4.85. The summed E-state index contributed by atoms with van der Waals surface area (Å²) in [6, 6.07) is 8.48. The Bertz CT molecular complexity index is 678. The summed E-state index contributed by atoms with van der Waals surface area (Å²) >= 11 is 12.0. The van der Waals surface area contributed by atoms with Crippen LogP contribution in [0.3, 0.4) is 0 Å². The van der Waals surface area contributed by atoms with Crippen molar-refractivity contribution in [2.24, 2.45) is 0 Å². The maximum absolute atomic E-state index is 12.6. The van der Waals surface area contributed by atoms with Gasteiger partial charge in [-0.15, -0.1) is 0 Å². The molecule has 20 heavy (non-hydrogen) atoms. The number of rotatable bonds is 3. The Balaban J connectivity index is 2.59. The first-order valence-corrected chi connectivity index (χ1v) is 6.85. The fraction of sp³-hybridized carbons (Fsp3) is 0.188. The van der Waals surface area contributed by atoms with Gasteiger partial charge in [-0.3, -0.25) is 4.79 Å². The van der Waals surface area contributed by atoms with Crippen molar-refractivity contribution in [3.63, 3.8) is 0 Å². The summed E-state index contributed by atoms with van der Waals surface area (Å²) in [5.41, 5.74) is 2.87. The Kier molecular flexibility index (Phi) is 4.36. The third-order valence-corrected chi connectivity index (χ3v) is 3.86. The zero-order valence-electron chi connectivity index (χ0n) is 11.5. The molecule has 0 fully saturated rings. The minimum absolute atomic E-state index is 0.197. The van der Waals surface area contributed by atoms with Gasteiger partial charge in [-0.2, -0.15) is 0 Å². The molecule has 4 heteroatoms. The van der Waals surface area contributed by atoms with Crippen LogP contribution in [0, 0.1) is 13.8 Å². The maximum Gasteiger partial charge on any atom is 0.198 e. The highest BCUT2D eigenvalue weighted by Crippen LogP contribution is 2.30. The second kappa shape index (κ2) is 5.86. The average molecular weight is 309 g/mol. The number of hydrogen-bond acceptors (Lipinski definition) is 2. The summed E-state index contributed by atoms with van der Waals surface area (Å²) in [5, 5.41) is 0.847. The van der Waals surface area contributed by atoms with Gasteiger partial charge >= 0.3 is 0 Å². The van der Waals surface area contributed by atoms with Gasteiger partial charge in [0.2, 0.25) is 0 Å². The molecular weight excluding hydrogens is 295 g/mol. The number of methoxy groups -OCH3 is 1. The van der Waals surface area contributed by atoms with Crippen molar-refractivity contribution in [1.29, 1.82) is 0 Å². The van der Waals surface area contributed by atoms with Crippen LogP contribution in [0.5, 0.6) is 5.75 Å². The van der Waals surface area contributed by atoms with Crippen LogP contribution >= 0.6 is 23.2 Å². The molecule has 0 atom stereocenters. The molecule has 104 valence electrons. The molecule has 0 aromatic heterocycles. The summed E-state index contributed by atoms with van der Waals surface area (Å²) in [4.78, 5) is 12.6. The topological polar surface area (TPSA) is 26.3 Å². The first-order valence-electron chi connectivity index (χ1n) is 6.09. The number of hydrogen-bond donors (Lipinski definition) is 0. The van der Waals surface area contributed by atoms with Crippen molar-refractivity contribution in [2.45, 2.75) is 13.8 Å². The number of ketones is 1. The number of carbonyl (C=O) groups excluding carboxylic acids is 1. The number of benzene rings is 2. The normalized spacial score (nSPS) is 10.4. The second-order valence-electron chi connectivity index (χ2n) is 4.54. The first-order chi connectivity index (χ1) is 9.45. The van der Waals surface area contributed by atoms with E-state index in [1.807, 2.05) is 19.9 Å². The Labute approximate surface area is 128 Å². The van der Waals surface area contributed by atoms with Crippen molar-refractivity contribution >= 4 is 29.0 Å². The minimum atomic E-state index is -0.197. The van der Waals surface area contributed by atoms with Crippen molar-refractivity contribution in [2.75, 3.05) is 7.11 Å². The summed E-state index contributed by atoms with van der Waals surface area (Å²) < 4.78 is 5.37. The average Bonchev–Trinajstić information content (AvgIpc) is 2.43. The highest BCUT2D eigenvalue weighted by atomic mass is 35.5. The zero-order chi connectivity index (χ0) is 14.9. The van der Waals surface area contributed by atoms with Gasteiger partial charge in [0.05, 0.1) is 17.7 Å². The summed E-state index contributed by atoms with van der Waals surface area (Å²) in [7, 11) is 1.55. The highest BCUT2D eigenvalue weighted by molar-refractivity contribution is 6.36. The molecule has 0 amide bonds. The fourth-order valence-electron chi connectivity index (χ4n) is 2.05. The Hall–Kier alpha value is -1.51. The van der Waals surface area contributed by atoms with Gasteiger partial charge in [0.25, 0.3) is 0 Å². The van der Waals surface area contributed by atoms with Gasteiger partial charge in [-0.1, -0.05) is 29.3 Å². The molecule has 0 aliphatic rings. The second-order valence-corrected chi connectivity index (χ2v) is 5.39. The number of aryl methyl sites for hydroxylation is 1. The predicted molar refractivity (Wildman–Crippen MR) is 82.4 cm³/mol. The third kappa shape index (κ3) is 2.67. The molecular formula is C16H14Cl2O2. The zero-order valence-corrected chi connectivity index (χ0v) is 13.0. The van der Waals surface area contributed by atoms with E-state index in [0.717, 1.165) is 11.1 Å². The first kappa shape index (κ1) is 14.9. The lowest BCUT2D eigenvalue weighted by atomic mass is 9.97. The van der Waals surface area contributed by atoms with Gasteiger partial charge in [0.15, 0.2) is 5.78 Å². The molecule has 0 radical (unpaired) electrons. The molecule has 0 bridgehead atoms. The van der Waals surface area contributed by atoms with Crippen LogP contribution in [0.4, 0.5) is 0 Å². The van der Waals surface area contributed by atoms with Crippen LogP contribution in [-0.4, -0.2) is 12.9 Å². The molecule has 2 nitrogen and oxygen atoms in total. The standard InChI is InChI=1S/C16H14Cl2O2/c1-9-4-6-12(16(20-3)10(9)2)15(19)13-8-11(17)5-7-14(13)18/h4-8H,1-3H3. The number of halogens is 2. The third-order valence-electron chi connectivity index (χ3n) is 3.30. The van der Waals surface area contributed by atoms with E-state index >= 15 is 0 Å². The van der Waals surface area contributed by atoms with E-state index in [0.29, 0.717) is 26.9 Å². The van der Waals surface area contributed by atoms with E-state index in [-0.39, 0.29) is 5.78 Å². The van der Waals surface area contributed by atoms with Gasteiger partial charge in [0.1, 0.15) is 5.75 Å². The number of carbonyl (C=O) groups is 1. The summed E-state index contributed by atoms with van der Waals surface area (Å²) in [6.07, 6.45) is 0. The van der Waals surface area contributed by atoms with Gasteiger partial charge in [0, 0.05) is 10.6 Å². The smallest absolute Gasteiger partial charge is 0.198 e. The van der Waals surface area contributed by atoms with Crippen LogP contribution in [0.2, 0.25) is 10.0 Å². The lowest BCUT2D eigenvalue weighted by molar-refractivity contribution is 0.103. The molecule has 2 aromatic rings. The van der Waals surface area contributed by atoms with E-state index in [2.05, 4.69) is 0 Å². The molecule has 0 spiro atoms. The fourth-order valence-corrected chi connectivity index (χ4v) is 2.42. The van der Waals surface area contributed by atoms with Crippen LogP contribution in [-0.2, 0) is 0 Å². The Morgan fingerprint density at radius 1 is 1.05 bits per heavy atom. The Morgan fingerprint density at radius 3 is 2.40 bits per heavy atom. The molecule has 0 unspecified atom stereocenters. The van der Waals surface area contributed by atoms with Crippen molar-refractivity contribution in [3.05, 3.63) is 62.6 Å².